The Labute approximate surface area is 108 Å². The normalized spacial score (nSPS) is 28.3. The molecule has 0 radical (unpaired) electrons. The van der Waals surface area contributed by atoms with Crippen LogP contribution in [0.4, 0.5) is 4.39 Å². The van der Waals surface area contributed by atoms with Gasteiger partial charge >= 0.3 is 0 Å². The van der Waals surface area contributed by atoms with E-state index < -0.39 is 0 Å². The van der Waals surface area contributed by atoms with Gasteiger partial charge in [-0.05, 0) is 57.5 Å². The molecule has 0 spiro atoms. The molecule has 2 nitrogen and oxygen atoms in total. The van der Waals surface area contributed by atoms with E-state index in [0.29, 0.717) is 0 Å². The van der Waals surface area contributed by atoms with Crippen LogP contribution in [0, 0.1) is 11.7 Å². The molecule has 0 saturated heterocycles. The highest BCUT2D eigenvalue weighted by Crippen LogP contribution is 2.42. The van der Waals surface area contributed by atoms with Crippen LogP contribution >= 0.6 is 0 Å². The number of carbonyl (C=O) groups is 1. The smallest absolute Gasteiger partial charge is 0.123 e. The third-order valence-corrected chi connectivity index (χ3v) is 4.27. The highest BCUT2D eigenvalue weighted by Gasteiger charge is 2.38. The molecule has 0 amide bonds. The first kappa shape index (κ1) is 13.2. The summed E-state index contributed by atoms with van der Waals surface area (Å²) in [6.45, 7) is 0. The van der Waals surface area contributed by atoms with Crippen LogP contribution in [-0.4, -0.2) is 25.3 Å². The van der Waals surface area contributed by atoms with Crippen molar-refractivity contribution in [2.24, 2.45) is 5.92 Å². The Kier molecular flexibility index (Phi) is 3.81. The fourth-order valence-electron chi connectivity index (χ4n) is 3.03. The van der Waals surface area contributed by atoms with E-state index in [2.05, 4.69) is 4.90 Å². The fraction of sp³-hybridized carbons (Fsp3) is 0.533. The average molecular weight is 249 g/mol. The van der Waals surface area contributed by atoms with Gasteiger partial charge in [0.15, 0.2) is 0 Å². The number of rotatable bonds is 3. The zero-order valence-electron chi connectivity index (χ0n) is 11.0. The maximum atomic E-state index is 13.4. The molecule has 1 aromatic carbocycles. The first-order chi connectivity index (χ1) is 8.58. The molecule has 1 aromatic rings. The summed E-state index contributed by atoms with van der Waals surface area (Å²) < 4.78 is 13.4. The van der Waals surface area contributed by atoms with Crippen molar-refractivity contribution >= 4 is 6.29 Å². The number of aldehydes is 1. The van der Waals surface area contributed by atoms with Gasteiger partial charge in [-0.2, -0.15) is 0 Å². The number of halogens is 1. The SMILES string of the molecule is CN(C)C1(c2cccc(F)c2)CCC(C=O)CC1. The maximum absolute atomic E-state index is 13.4. The van der Waals surface area contributed by atoms with E-state index in [1.54, 1.807) is 12.1 Å². The summed E-state index contributed by atoms with van der Waals surface area (Å²) in [4.78, 5) is 13.0. The summed E-state index contributed by atoms with van der Waals surface area (Å²) in [7, 11) is 4.07. The number of carbonyl (C=O) groups excluding carboxylic acids is 1. The molecule has 1 saturated carbocycles. The molecule has 0 bridgehead atoms. The van der Waals surface area contributed by atoms with E-state index in [9.17, 15) is 9.18 Å². The molecule has 0 aliphatic heterocycles. The molecule has 3 heteroatoms. The minimum Gasteiger partial charge on any atom is -0.303 e. The van der Waals surface area contributed by atoms with Crippen molar-refractivity contribution in [1.82, 2.24) is 4.90 Å². The number of benzene rings is 1. The Hall–Kier alpha value is -1.22. The second-order valence-electron chi connectivity index (χ2n) is 5.41. The first-order valence-corrected chi connectivity index (χ1v) is 6.47. The van der Waals surface area contributed by atoms with Gasteiger partial charge in [-0.1, -0.05) is 12.1 Å². The molecular weight excluding hydrogens is 229 g/mol. The van der Waals surface area contributed by atoms with Crippen LogP contribution in [-0.2, 0) is 10.3 Å². The molecule has 0 N–H and O–H groups in total. The number of hydrogen-bond acceptors (Lipinski definition) is 2. The van der Waals surface area contributed by atoms with Crippen molar-refractivity contribution in [1.29, 1.82) is 0 Å². The molecule has 18 heavy (non-hydrogen) atoms. The lowest BCUT2D eigenvalue weighted by molar-refractivity contribution is -0.112. The van der Waals surface area contributed by atoms with Crippen LogP contribution in [0.5, 0.6) is 0 Å². The highest BCUT2D eigenvalue weighted by atomic mass is 19.1. The highest BCUT2D eigenvalue weighted by molar-refractivity contribution is 5.53. The van der Waals surface area contributed by atoms with E-state index in [-0.39, 0.29) is 17.3 Å². The van der Waals surface area contributed by atoms with Gasteiger partial charge in [-0.15, -0.1) is 0 Å². The van der Waals surface area contributed by atoms with E-state index in [1.807, 2.05) is 20.2 Å². The maximum Gasteiger partial charge on any atom is 0.123 e. The third kappa shape index (κ3) is 2.32. The van der Waals surface area contributed by atoms with Gasteiger partial charge in [0.1, 0.15) is 12.1 Å². The molecule has 0 aromatic heterocycles. The van der Waals surface area contributed by atoms with Gasteiger partial charge in [-0.25, -0.2) is 4.39 Å². The number of hydrogen-bond donors (Lipinski definition) is 0. The number of nitrogens with zero attached hydrogens (tertiary/aromatic N) is 1. The summed E-state index contributed by atoms with van der Waals surface area (Å²) in [5, 5.41) is 0. The minimum atomic E-state index is -0.189. The molecule has 0 heterocycles. The molecule has 1 aliphatic carbocycles. The van der Waals surface area contributed by atoms with Crippen molar-refractivity contribution in [2.75, 3.05) is 14.1 Å². The summed E-state index contributed by atoms with van der Waals surface area (Å²) in [6, 6.07) is 6.86. The van der Waals surface area contributed by atoms with Gasteiger partial charge in [0.2, 0.25) is 0 Å². The molecule has 98 valence electrons. The summed E-state index contributed by atoms with van der Waals surface area (Å²) in [5.41, 5.74) is 0.901. The van der Waals surface area contributed by atoms with E-state index in [1.165, 1.54) is 6.07 Å². The van der Waals surface area contributed by atoms with Gasteiger partial charge in [0.25, 0.3) is 0 Å². The predicted octanol–water partition coefficient (Wildman–Crippen LogP) is 2.97. The lowest BCUT2D eigenvalue weighted by Crippen LogP contribution is -2.44. The van der Waals surface area contributed by atoms with Crippen LogP contribution in [0.15, 0.2) is 24.3 Å². The van der Waals surface area contributed by atoms with Gasteiger partial charge < -0.3 is 4.79 Å². The van der Waals surface area contributed by atoms with E-state index in [0.717, 1.165) is 37.5 Å². The molecule has 0 unspecified atom stereocenters. The quantitative estimate of drug-likeness (QED) is 0.768. The van der Waals surface area contributed by atoms with Crippen molar-refractivity contribution < 1.29 is 9.18 Å². The minimum absolute atomic E-state index is 0.123. The topological polar surface area (TPSA) is 20.3 Å². The van der Waals surface area contributed by atoms with Gasteiger partial charge in [0, 0.05) is 11.5 Å². The van der Waals surface area contributed by atoms with Crippen LogP contribution in [0.3, 0.4) is 0 Å². The van der Waals surface area contributed by atoms with Crippen molar-refractivity contribution in [3.05, 3.63) is 35.6 Å². The third-order valence-electron chi connectivity index (χ3n) is 4.27. The second-order valence-corrected chi connectivity index (χ2v) is 5.41. The van der Waals surface area contributed by atoms with Crippen molar-refractivity contribution in [3.63, 3.8) is 0 Å². The first-order valence-electron chi connectivity index (χ1n) is 6.47. The van der Waals surface area contributed by atoms with Crippen LogP contribution in [0.25, 0.3) is 0 Å². The zero-order chi connectivity index (χ0) is 13.2. The average Bonchev–Trinajstić information content (AvgIpc) is 2.38. The van der Waals surface area contributed by atoms with Crippen molar-refractivity contribution in [3.8, 4) is 0 Å². The second kappa shape index (κ2) is 5.19. The van der Waals surface area contributed by atoms with E-state index >= 15 is 0 Å². The standard InChI is InChI=1S/C15H20FNO/c1-17(2)15(8-6-12(11-18)7-9-15)13-4-3-5-14(16)10-13/h3-5,10-12H,6-9H2,1-2H3. The predicted molar refractivity (Wildman–Crippen MR) is 69.8 cm³/mol. The molecular formula is C15H20FNO. The molecule has 0 atom stereocenters. The lowest BCUT2D eigenvalue weighted by atomic mass is 9.72. The molecule has 1 fully saturated rings. The van der Waals surface area contributed by atoms with Gasteiger partial charge in [0.05, 0.1) is 0 Å². The fourth-order valence-corrected chi connectivity index (χ4v) is 3.03. The summed E-state index contributed by atoms with van der Waals surface area (Å²) in [5.74, 6) is -0.0159. The van der Waals surface area contributed by atoms with Crippen LogP contribution < -0.4 is 0 Å². The van der Waals surface area contributed by atoms with Crippen molar-refractivity contribution in [2.45, 2.75) is 31.2 Å². The Morgan fingerprint density at radius 3 is 2.50 bits per heavy atom. The molecule has 2 rings (SSSR count). The lowest BCUT2D eigenvalue weighted by Gasteiger charge is -2.44. The Balaban J connectivity index is 2.31. The Morgan fingerprint density at radius 2 is 2.00 bits per heavy atom. The Bertz CT molecular complexity index is 422. The van der Waals surface area contributed by atoms with Crippen LogP contribution in [0.2, 0.25) is 0 Å². The monoisotopic (exact) mass is 249 g/mol. The van der Waals surface area contributed by atoms with Crippen LogP contribution in [0.1, 0.15) is 31.2 Å². The Morgan fingerprint density at radius 1 is 1.33 bits per heavy atom. The summed E-state index contributed by atoms with van der Waals surface area (Å²) >= 11 is 0. The van der Waals surface area contributed by atoms with E-state index in [4.69, 9.17) is 0 Å². The van der Waals surface area contributed by atoms with Gasteiger partial charge in [-0.3, -0.25) is 4.90 Å². The molecule has 1 aliphatic rings. The summed E-state index contributed by atoms with van der Waals surface area (Å²) in [6.07, 6.45) is 4.65. The largest absolute Gasteiger partial charge is 0.303 e. The zero-order valence-corrected chi connectivity index (χ0v) is 11.0.